The van der Waals surface area contributed by atoms with Gasteiger partial charge in [0.05, 0.1) is 7.11 Å². The molecule has 1 aromatic heterocycles. The van der Waals surface area contributed by atoms with Crippen LogP contribution in [0.4, 0.5) is 0 Å². The van der Waals surface area contributed by atoms with Crippen LogP contribution < -0.4 is 4.74 Å². The number of rotatable bonds is 11. The van der Waals surface area contributed by atoms with Gasteiger partial charge >= 0.3 is 0 Å². The molecule has 1 atom stereocenters. The molecule has 0 spiro atoms. The Morgan fingerprint density at radius 1 is 1.26 bits per heavy atom. The van der Waals surface area contributed by atoms with Crippen molar-refractivity contribution in [2.24, 2.45) is 0 Å². The van der Waals surface area contributed by atoms with E-state index in [9.17, 15) is 4.79 Å². The van der Waals surface area contributed by atoms with Crippen molar-refractivity contribution in [3.63, 3.8) is 0 Å². The quantitative estimate of drug-likeness (QED) is 0.543. The molecular formula is C23H35N5O3. The number of methoxy groups -OCH3 is 1. The van der Waals surface area contributed by atoms with E-state index >= 15 is 0 Å². The number of aromatic nitrogens is 2. The molecule has 3 rings (SSSR count). The molecule has 0 N–H and O–H groups in total. The molecule has 0 unspecified atom stereocenters. The number of amides is 1. The van der Waals surface area contributed by atoms with Gasteiger partial charge in [-0.15, -0.1) is 0 Å². The SMILES string of the molecule is CCN1CCC[C@@H]1CN(CCN(C)C)C(=O)CCc1nc(-c2ccc(OC)cc2)no1. The van der Waals surface area contributed by atoms with E-state index in [4.69, 9.17) is 9.26 Å². The number of hydrogen-bond acceptors (Lipinski definition) is 7. The summed E-state index contributed by atoms with van der Waals surface area (Å²) in [5, 5.41) is 4.06. The van der Waals surface area contributed by atoms with Crippen LogP contribution in [0.15, 0.2) is 28.8 Å². The van der Waals surface area contributed by atoms with Gasteiger partial charge in [-0.25, -0.2) is 0 Å². The highest BCUT2D eigenvalue weighted by atomic mass is 16.5. The van der Waals surface area contributed by atoms with E-state index in [2.05, 4.69) is 26.9 Å². The average molecular weight is 430 g/mol. The predicted octanol–water partition coefficient (Wildman–Crippen LogP) is 2.55. The van der Waals surface area contributed by atoms with Crippen LogP contribution in [-0.2, 0) is 11.2 Å². The van der Waals surface area contributed by atoms with Gasteiger partial charge in [0.2, 0.25) is 17.6 Å². The van der Waals surface area contributed by atoms with Crippen molar-refractivity contribution in [1.29, 1.82) is 0 Å². The third-order valence-electron chi connectivity index (χ3n) is 5.88. The van der Waals surface area contributed by atoms with Crippen molar-refractivity contribution < 1.29 is 14.1 Å². The zero-order chi connectivity index (χ0) is 22.2. The highest BCUT2D eigenvalue weighted by Crippen LogP contribution is 2.21. The minimum absolute atomic E-state index is 0.147. The van der Waals surface area contributed by atoms with Crippen molar-refractivity contribution >= 4 is 5.91 Å². The summed E-state index contributed by atoms with van der Waals surface area (Å²) in [5.41, 5.74) is 0.857. The monoisotopic (exact) mass is 429 g/mol. The summed E-state index contributed by atoms with van der Waals surface area (Å²) in [5.74, 6) is 1.94. The Bertz CT molecular complexity index is 821. The van der Waals surface area contributed by atoms with Crippen LogP contribution in [0.5, 0.6) is 5.75 Å². The molecule has 0 bridgehead atoms. The molecule has 1 aliphatic rings. The third-order valence-corrected chi connectivity index (χ3v) is 5.88. The Hall–Kier alpha value is -2.45. The van der Waals surface area contributed by atoms with Crippen LogP contribution >= 0.6 is 0 Å². The zero-order valence-corrected chi connectivity index (χ0v) is 19.2. The number of hydrogen-bond donors (Lipinski definition) is 0. The minimum Gasteiger partial charge on any atom is -0.497 e. The van der Waals surface area contributed by atoms with Crippen LogP contribution in [-0.4, -0.2) is 90.7 Å². The van der Waals surface area contributed by atoms with Crippen LogP contribution in [0.3, 0.4) is 0 Å². The lowest BCUT2D eigenvalue weighted by atomic mass is 10.2. The average Bonchev–Trinajstić information content (AvgIpc) is 3.44. The molecule has 0 saturated carbocycles. The van der Waals surface area contributed by atoms with Crippen molar-refractivity contribution in [3.05, 3.63) is 30.2 Å². The number of carbonyl (C=O) groups excluding carboxylic acids is 1. The van der Waals surface area contributed by atoms with Crippen molar-refractivity contribution in [1.82, 2.24) is 24.8 Å². The summed E-state index contributed by atoms with van der Waals surface area (Å²) >= 11 is 0. The molecule has 1 fully saturated rings. The number of likely N-dealkylation sites (tertiary alicyclic amines) is 1. The molecule has 31 heavy (non-hydrogen) atoms. The first kappa shape index (κ1) is 23.2. The minimum atomic E-state index is 0.147. The van der Waals surface area contributed by atoms with Crippen molar-refractivity contribution in [2.45, 2.75) is 38.6 Å². The Labute approximate surface area is 185 Å². The second-order valence-electron chi connectivity index (χ2n) is 8.31. The van der Waals surface area contributed by atoms with Gasteiger partial charge in [-0.05, 0) is 64.3 Å². The van der Waals surface area contributed by atoms with Gasteiger partial charge in [0.15, 0.2) is 0 Å². The number of carbonyl (C=O) groups is 1. The molecule has 0 radical (unpaired) electrons. The smallest absolute Gasteiger partial charge is 0.227 e. The molecule has 170 valence electrons. The number of nitrogens with zero attached hydrogens (tertiary/aromatic N) is 5. The largest absolute Gasteiger partial charge is 0.497 e. The van der Waals surface area contributed by atoms with Gasteiger partial charge < -0.3 is 19.1 Å². The first-order valence-corrected chi connectivity index (χ1v) is 11.1. The number of likely N-dealkylation sites (N-methyl/N-ethyl adjacent to an activating group) is 2. The fourth-order valence-corrected chi connectivity index (χ4v) is 4.00. The van der Waals surface area contributed by atoms with Crippen molar-refractivity contribution in [3.8, 4) is 17.1 Å². The molecule has 1 amide bonds. The van der Waals surface area contributed by atoms with E-state index in [1.807, 2.05) is 43.3 Å². The highest BCUT2D eigenvalue weighted by molar-refractivity contribution is 5.76. The molecule has 0 aliphatic carbocycles. The predicted molar refractivity (Wildman–Crippen MR) is 120 cm³/mol. The summed E-state index contributed by atoms with van der Waals surface area (Å²) in [6, 6.07) is 7.97. The lowest BCUT2D eigenvalue weighted by Gasteiger charge is -2.31. The Kier molecular flexibility index (Phi) is 8.43. The van der Waals surface area contributed by atoms with E-state index < -0.39 is 0 Å². The second-order valence-corrected chi connectivity index (χ2v) is 8.31. The van der Waals surface area contributed by atoms with Crippen molar-refractivity contribution in [2.75, 3.05) is 53.9 Å². The fourth-order valence-electron chi connectivity index (χ4n) is 4.00. The fraction of sp³-hybridized carbons (Fsp3) is 0.609. The lowest BCUT2D eigenvalue weighted by molar-refractivity contribution is -0.132. The van der Waals surface area contributed by atoms with Crippen LogP contribution in [0.2, 0.25) is 0 Å². The van der Waals surface area contributed by atoms with Crippen LogP contribution in [0.1, 0.15) is 32.1 Å². The van der Waals surface area contributed by atoms with E-state index in [0.717, 1.165) is 50.5 Å². The Morgan fingerprint density at radius 3 is 2.71 bits per heavy atom. The third kappa shape index (κ3) is 6.51. The highest BCUT2D eigenvalue weighted by Gasteiger charge is 2.27. The zero-order valence-electron chi connectivity index (χ0n) is 19.2. The summed E-state index contributed by atoms with van der Waals surface area (Å²) < 4.78 is 10.6. The maximum absolute atomic E-state index is 13.0. The summed E-state index contributed by atoms with van der Waals surface area (Å²) in [4.78, 5) is 24.1. The summed E-state index contributed by atoms with van der Waals surface area (Å²) in [6.45, 7) is 6.75. The molecule has 8 heteroatoms. The standard InChI is InChI=1S/C23H35N5O3/c1-5-27-14-6-7-19(27)17-28(16-15-26(2)3)22(29)13-12-21-24-23(25-31-21)18-8-10-20(30-4)11-9-18/h8-11,19H,5-7,12-17H2,1-4H3/t19-/m1/s1. The Morgan fingerprint density at radius 2 is 2.03 bits per heavy atom. The topological polar surface area (TPSA) is 74.9 Å². The number of aryl methyl sites for hydroxylation is 1. The summed E-state index contributed by atoms with van der Waals surface area (Å²) in [6.07, 6.45) is 3.19. The summed E-state index contributed by atoms with van der Waals surface area (Å²) in [7, 11) is 5.71. The molecule has 8 nitrogen and oxygen atoms in total. The molecular weight excluding hydrogens is 394 g/mol. The lowest BCUT2D eigenvalue weighted by Crippen LogP contribution is -2.45. The van der Waals surface area contributed by atoms with Gasteiger partial charge in [-0.2, -0.15) is 4.98 Å². The maximum atomic E-state index is 13.0. The van der Waals surface area contributed by atoms with Gasteiger partial charge in [0.1, 0.15) is 5.75 Å². The molecule has 2 aromatic rings. The first-order valence-electron chi connectivity index (χ1n) is 11.1. The maximum Gasteiger partial charge on any atom is 0.227 e. The van der Waals surface area contributed by atoms with Crippen LogP contribution in [0, 0.1) is 0 Å². The van der Waals surface area contributed by atoms with Gasteiger partial charge in [0.25, 0.3) is 0 Å². The molecule has 1 aliphatic heterocycles. The van der Waals surface area contributed by atoms with Gasteiger partial charge in [-0.1, -0.05) is 12.1 Å². The van der Waals surface area contributed by atoms with Gasteiger partial charge in [0, 0.05) is 44.1 Å². The first-order chi connectivity index (χ1) is 15.0. The number of benzene rings is 1. The Balaban J connectivity index is 1.58. The second kappa shape index (κ2) is 11.2. The van der Waals surface area contributed by atoms with E-state index in [0.29, 0.717) is 30.6 Å². The van der Waals surface area contributed by atoms with Gasteiger partial charge in [-0.3, -0.25) is 9.69 Å². The van der Waals surface area contributed by atoms with E-state index in [-0.39, 0.29) is 5.91 Å². The van der Waals surface area contributed by atoms with E-state index in [1.165, 1.54) is 6.42 Å². The van der Waals surface area contributed by atoms with E-state index in [1.54, 1.807) is 7.11 Å². The molecule has 2 heterocycles. The normalized spacial score (nSPS) is 16.7. The molecule has 1 aromatic carbocycles. The molecule has 1 saturated heterocycles. The van der Waals surface area contributed by atoms with Crippen LogP contribution in [0.25, 0.3) is 11.4 Å². The number of ether oxygens (including phenoxy) is 1.